The van der Waals surface area contributed by atoms with Gasteiger partial charge in [0, 0.05) is 12.8 Å². The highest BCUT2D eigenvalue weighted by Gasteiger charge is 2.22. The number of unbranched alkanes of at least 4 members (excludes halogenated alkanes) is 25. The Bertz CT molecular complexity index is 1880. The summed E-state index contributed by atoms with van der Waals surface area (Å²) in [5, 5.41) is 0. The molecule has 0 aliphatic heterocycles. The van der Waals surface area contributed by atoms with Gasteiger partial charge in [-0.25, -0.2) is 0 Å². The Kier molecular flexibility index (Phi) is 60.7. The van der Waals surface area contributed by atoms with E-state index in [2.05, 4.69) is 148 Å². The molecule has 10 heteroatoms. The molecule has 0 aromatic rings. The van der Waals surface area contributed by atoms with E-state index in [9.17, 15) is 19.0 Å². The Labute approximate surface area is 517 Å². The molecule has 9 nitrogen and oxygen atoms in total. The van der Waals surface area contributed by atoms with Crippen LogP contribution in [0.5, 0.6) is 0 Å². The number of phosphoric ester groups is 1. The Morgan fingerprint density at radius 3 is 1.01 bits per heavy atom. The van der Waals surface area contributed by atoms with E-state index in [4.69, 9.17) is 18.5 Å². The number of rotatable bonds is 61. The van der Waals surface area contributed by atoms with Crippen LogP contribution in [0.25, 0.3) is 0 Å². The second-order valence-corrected chi connectivity index (χ2v) is 24.9. The lowest BCUT2D eigenvalue weighted by Crippen LogP contribution is -2.37. The molecule has 480 valence electrons. The molecule has 0 aromatic carbocycles. The average Bonchev–Trinajstić information content (AvgIpc) is 3.61. The number of hydrogen-bond acceptors (Lipinski definition) is 8. The smallest absolute Gasteiger partial charge is 0.306 e. The number of allylic oxidation sites excluding steroid dienone is 22. The standard InChI is InChI=1S/C74H126NO8P/c1-6-8-10-12-14-16-18-20-22-24-26-27-28-29-30-31-32-33-34-35-36-37-38-39-40-41-42-43-44-45-46-47-49-51-53-55-57-59-61-63-65-67-74(77)83-72(71-82-84(78,79)81-69-68-75(3,4)5)70-80-73(76)66-64-62-60-58-56-54-52-50-48-25-23-21-19-17-15-13-11-9-7-2/h8,10,14-17,20-23,26-27,29-30,32-33,35-36,38-39,48,50,72H,6-7,9,11-13,18-19,24-25,28,31,34,37,40-47,49,51-71H2,1-5H3/b10-8-,16-14-,17-15-,22-20-,23-21-,27-26-,30-29-,33-32-,36-35-,39-38-,50-48-. The third kappa shape index (κ3) is 67.3. The summed E-state index contributed by atoms with van der Waals surface area (Å²) in [5.74, 6) is -0.848. The first kappa shape index (κ1) is 80.2. The summed E-state index contributed by atoms with van der Waals surface area (Å²) < 4.78 is 34.2. The van der Waals surface area contributed by atoms with E-state index in [0.717, 1.165) is 122 Å². The van der Waals surface area contributed by atoms with Gasteiger partial charge in [-0.05, 0) is 116 Å². The number of carbonyl (C=O) groups is 2. The maximum atomic E-state index is 12.8. The van der Waals surface area contributed by atoms with Gasteiger partial charge in [-0.15, -0.1) is 0 Å². The maximum absolute atomic E-state index is 12.8. The molecule has 84 heavy (non-hydrogen) atoms. The quantitative estimate of drug-likeness (QED) is 0.0195. The molecule has 0 N–H and O–H groups in total. The van der Waals surface area contributed by atoms with Gasteiger partial charge in [-0.2, -0.15) is 0 Å². The zero-order valence-electron chi connectivity index (χ0n) is 54.6. The zero-order chi connectivity index (χ0) is 61.2. The first-order valence-corrected chi connectivity index (χ1v) is 35.4. The molecular formula is C74H126NO8P. The summed E-state index contributed by atoms with van der Waals surface area (Å²) in [6.45, 7) is 4.09. The van der Waals surface area contributed by atoms with Crippen molar-refractivity contribution >= 4 is 19.8 Å². The van der Waals surface area contributed by atoms with Crippen LogP contribution < -0.4 is 4.89 Å². The molecule has 0 saturated carbocycles. The molecule has 0 rings (SSSR count). The molecule has 0 saturated heterocycles. The van der Waals surface area contributed by atoms with Crippen molar-refractivity contribution in [2.75, 3.05) is 47.5 Å². The van der Waals surface area contributed by atoms with Crippen LogP contribution in [0.3, 0.4) is 0 Å². The Morgan fingerprint density at radius 2 is 0.679 bits per heavy atom. The van der Waals surface area contributed by atoms with E-state index in [0.29, 0.717) is 23.9 Å². The average molecular weight is 1190 g/mol. The van der Waals surface area contributed by atoms with E-state index in [-0.39, 0.29) is 26.1 Å². The summed E-state index contributed by atoms with van der Waals surface area (Å²) >= 11 is 0. The fraction of sp³-hybridized carbons (Fsp3) is 0.676. The second kappa shape index (κ2) is 63.6. The molecule has 0 heterocycles. The van der Waals surface area contributed by atoms with E-state index in [1.165, 1.54) is 109 Å². The van der Waals surface area contributed by atoms with Crippen molar-refractivity contribution in [1.29, 1.82) is 0 Å². The number of quaternary nitrogens is 1. The number of esters is 2. The van der Waals surface area contributed by atoms with Gasteiger partial charge in [0.05, 0.1) is 27.7 Å². The van der Waals surface area contributed by atoms with Gasteiger partial charge in [0.15, 0.2) is 6.10 Å². The summed E-state index contributed by atoms with van der Waals surface area (Å²) in [6, 6.07) is 0. The van der Waals surface area contributed by atoms with Crippen molar-refractivity contribution in [3.63, 3.8) is 0 Å². The van der Waals surface area contributed by atoms with Crippen molar-refractivity contribution in [3.05, 3.63) is 134 Å². The number of carbonyl (C=O) groups excluding carboxylic acids is 2. The van der Waals surface area contributed by atoms with Crippen LogP contribution in [0.15, 0.2) is 134 Å². The highest BCUT2D eigenvalue weighted by molar-refractivity contribution is 7.45. The molecular weight excluding hydrogens is 1060 g/mol. The Morgan fingerprint density at radius 1 is 0.381 bits per heavy atom. The predicted molar refractivity (Wildman–Crippen MR) is 360 cm³/mol. The fourth-order valence-electron chi connectivity index (χ4n) is 8.97. The van der Waals surface area contributed by atoms with Crippen molar-refractivity contribution < 1.29 is 42.1 Å². The van der Waals surface area contributed by atoms with Crippen molar-refractivity contribution in [2.24, 2.45) is 0 Å². The predicted octanol–water partition coefficient (Wildman–Crippen LogP) is 21.4. The molecule has 0 aromatic heterocycles. The van der Waals surface area contributed by atoms with E-state index in [1.807, 2.05) is 21.1 Å². The highest BCUT2D eigenvalue weighted by atomic mass is 31.2. The molecule has 2 unspecified atom stereocenters. The molecule has 0 aliphatic rings. The molecule has 0 radical (unpaired) electrons. The van der Waals surface area contributed by atoms with Crippen LogP contribution in [0, 0.1) is 0 Å². The van der Waals surface area contributed by atoms with Gasteiger partial charge < -0.3 is 27.9 Å². The number of phosphoric acid groups is 1. The van der Waals surface area contributed by atoms with Crippen LogP contribution >= 0.6 is 7.82 Å². The lowest BCUT2D eigenvalue weighted by molar-refractivity contribution is -0.870. The minimum atomic E-state index is -4.65. The van der Waals surface area contributed by atoms with Crippen LogP contribution in [0.4, 0.5) is 0 Å². The van der Waals surface area contributed by atoms with Crippen LogP contribution in [-0.4, -0.2) is 70.0 Å². The SMILES string of the molecule is CC/C=C\C/C=C\C/C=C\C/C=C\C/C=C\C/C=C\C/C=C\C/C=C\CCCCCCCCCCCCCCCCCCC(=O)OC(COC(=O)CCCCCCCC/C=C\C/C=C\C/C=C\CCCCC)COP(=O)([O-])OCC[N+](C)(C)C. The summed E-state index contributed by atoms with van der Waals surface area (Å²) in [7, 11) is 1.15. The summed E-state index contributed by atoms with van der Waals surface area (Å²) in [4.78, 5) is 38.0. The lowest BCUT2D eigenvalue weighted by Gasteiger charge is -2.28. The largest absolute Gasteiger partial charge is 0.756 e. The second-order valence-electron chi connectivity index (χ2n) is 23.5. The Balaban J connectivity index is 4.03. The minimum Gasteiger partial charge on any atom is -0.756 e. The van der Waals surface area contributed by atoms with Crippen LogP contribution in [0.1, 0.15) is 271 Å². The summed E-state index contributed by atoms with van der Waals surface area (Å²) in [5.41, 5.74) is 0. The van der Waals surface area contributed by atoms with E-state index < -0.39 is 32.5 Å². The number of hydrogen-bond donors (Lipinski definition) is 0. The van der Waals surface area contributed by atoms with Crippen molar-refractivity contribution in [3.8, 4) is 0 Å². The lowest BCUT2D eigenvalue weighted by atomic mass is 10.0. The number of likely N-dealkylation sites (N-methyl/N-ethyl adjacent to an activating group) is 1. The first-order valence-electron chi connectivity index (χ1n) is 33.9. The van der Waals surface area contributed by atoms with Gasteiger partial charge in [0.1, 0.15) is 19.8 Å². The van der Waals surface area contributed by atoms with Gasteiger partial charge in [-0.1, -0.05) is 276 Å². The monoisotopic (exact) mass is 1190 g/mol. The van der Waals surface area contributed by atoms with Crippen molar-refractivity contribution in [2.45, 2.75) is 277 Å². The molecule has 0 bridgehead atoms. The first-order chi connectivity index (χ1) is 41.0. The molecule has 2 atom stereocenters. The summed E-state index contributed by atoms with van der Waals surface area (Å²) in [6.07, 6.45) is 92.4. The number of ether oxygens (including phenoxy) is 2. The highest BCUT2D eigenvalue weighted by Crippen LogP contribution is 2.38. The number of nitrogens with zero attached hydrogens (tertiary/aromatic N) is 1. The van der Waals surface area contributed by atoms with Gasteiger partial charge in [-0.3, -0.25) is 14.2 Å². The van der Waals surface area contributed by atoms with Crippen molar-refractivity contribution in [1.82, 2.24) is 0 Å². The third-order valence-corrected chi connectivity index (χ3v) is 15.1. The molecule has 0 fully saturated rings. The topological polar surface area (TPSA) is 111 Å². The van der Waals surface area contributed by atoms with E-state index >= 15 is 0 Å². The normalized spacial score (nSPS) is 14.0. The van der Waals surface area contributed by atoms with Crippen LogP contribution in [0.2, 0.25) is 0 Å². The Hall–Kier alpha value is -3.85. The van der Waals surface area contributed by atoms with Gasteiger partial charge in [0.2, 0.25) is 0 Å². The molecule has 0 spiro atoms. The zero-order valence-corrected chi connectivity index (χ0v) is 55.4. The van der Waals surface area contributed by atoms with E-state index in [1.54, 1.807) is 0 Å². The maximum Gasteiger partial charge on any atom is 0.306 e. The molecule has 0 amide bonds. The molecule has 0 aliphatic carbocycles. The third-order valence-electron chi connectivity index (χ3n) is 14.2. The van der Waals surface area contributed by atoms with Gasteiger partial charge in [0.25, 0.3) is 7.82 Å². The fourth-order valence-corrected chi connectivity index (χ4v) is 9.70. The minimum absolute atomic E-state index is 0.0377. The van der Waals surface area contributed by atoms with Gasteiger partial charge >= 0.3 is 11.9 Å². The van der Waals surface area contributed by atoms with Crippen LogP contribution in [-0.2, 0) is 32.7 Å².